The predicted molar refractivity (Wildman–Crippen MR) is 110 cm³/mol. The zero-order valence-corrected chi connectivity index (χ0v) is 16.7. The van der Waals surface area contributed by atoms with Crippen LogP contribution in [0.3, 0.4) is 0 Å². The van der Waals surface area contributed by atoms with Crippen molar-refractivity contribution in [2.24, 2.45) is 4.99 Å². The third-order valence-corrected chi connectivity index (χ3v) is 3.64. The van der Waals surface area contributed by atoms with Gasteiger partial charge in [0.25, 0.3) is 0 Å². The summed E-state index contributed by atoms with van der Waals surface area (Å²) < 4.78 is 20.0. The number of aliphatic imine (C=N–C) groups is 1. The zero-order valence-electron chi connectivity index (χ0n) is 14.4. The quantitative estimate of drug-likeness (QED) is 0.331. The normalized spacial score (nSPS) is 11.1. The molecule has 0 atom stereocenters. The molecule has 3 aromatic rings. The first-order valence-corrected chi connectivity index (χ1v) is 8.02. The van der Waals surface area contributed by atoms with Crippen LogP contribution in [-0.4, -0.2) is 29.3 Å². The molecule has 0 aliphatic carbocycles. The fraction of sp³-hybridized carbons (Fsp3) is 0.222. The van der Waals surface area contributed by atoms with Gasteiger partial charge in [0.1, 0.15) is 11.6 Å². The van der Waals surface area contributed by atoms with E-state index in [4.69, 9.17) is 4.42 Å². The van der Waals surface area contributed by atoms with E-state index in [0.29, 0.717) is 12.5 Å². The highest BCUT2D eigenvalue weighted by Crippen LogP contribution is 2.08. The van der Waals surface area contributed by atoms with Crippen molar-refractivity contribution < 1.29 is 8.81 Å². The standard InChI is InChI=1S/C18H20FN5O.HI/c1-20-18(21-10-8-17-3-2-12-25-17)22-13-15-9-11-24(23-15)16-6-4-14(19)5-7-16;/h2-7,9,11-12H,8,10,13H2,1H3,(H2,20,21,22);1H. The van der Waals surface area contributed by atoms with Gasteiger partial charge in [0, 0.05) is 26.2 Å². The molecule has 0 aliphatic heterocycles. The number of nitrogens with zero attached hydrogens (tertiary/aromatic N) is 3. The van der Waals surface area contributed by atoms with Crippen LogP contribution in [0.2, 0.25) is 0 Å². The third-order valence-electron chi connectivity index (χ3n) is 3.64. The average Bonchev–Trinajstić information content (AvgIpc) is 3.30. The van der Waals surface area contributed by atoms with Gasteiger partial charge in [-0.25, -0.2) is 9.07 Å². The molecule has 2 heterocycles. The molecule has 26 heavy (non-hydrogen) atoms. The van der Waals surface area contributed by atoms with E-state index in [0.717, 1.165) is 30.1 Å². The van der Waals surface area contributed by atoms with Crippen molar-refractivity contribution in [1.29, 1.82) is 0 Å². The number of nitrogens with one attached hydrogen (secondary N) is 2. The Bertz CT molecular complexity index is 814. The summed E-state index contributed by atoms with van der Waals surface area (Å²) in [5.74, 6) is 1.37. The number of hydrogen-bond acceptors (Lipinski definition) is 3. The van der Waals surface area contributed by atoms with Crippen molar-refractivity contribution in [1.82, 2.24) is 20.4 Å². The van der Waals surface area contributed by atoms with Crippen LogP contribution in [0, 0.1) is 5.82 Å². The number of benzene rings is 1. The van der Waals surface area contributed by atoms with Gasteiger partial charge in [0.05, 0.1) is 24.2 Å². The first-order chi connectivity index (χ1) is 12.2. The average molecular weight is 469 g/mol. The highest BCUT2D eigenvalue weighted by atomic mass is 127. The Kier molecular flexibility index (Phi) is 7.64. The fourth-order valence-electron chi connectivity index (χ4n) is 2.35. The fourth-order valence-corrected chi connectivity index (χ4v) is 2.35. The van der Waals surface area contributed by atoms with Crippen LogP contribution in [0.15, 0.2) is 64.3 Å². The van der Waals surface area contributed by atoms with Crippen LogP contribution in [0.1, 0.15) is 11.5 Å². The minimum atomic E-state index is -0.262. The Hall–Kier alpha value is -2.36. The monoisotopic (exact) mass is 469 g/mol. The maximum absolute atomic E-state index is 13.0. The maximum atomic E-state index is 13.0. The smallest absolute Gasteiger partial charge is 0.191 e. The molecular formula is C18H21FIN5O. The molecule has 0 amide bonds. The Balaban J connectivity index is 0.00000243. The molecule has 8 heteroatoms. The number of halogens is 2. The molecule has 6 nitrogen and oxygen atoms in total. The minimum absolute atomic E-state index is 0. The van der Waals surface area contributed by atoms with Gasteiger partial charge in [-0.15, -0.1) is 24.0 Å². The lowest BCUT2D eigenvalue weighted by atomic mass is 10.3. The second-order valence-corrected chi connectivity index (χ2v) is 5.41. The van der Waals surface area contributed by atoms with E-state index < -0.39 is 0 Å². The van der Waals surface area contributed by atoms with Gasteiger partial charge in [0.15, 0.2) is 5.96 Å². The Morgan fingerprint density at radius 2 is 2.00 bits per heavy atom. The summed E-state index contributed by atoms with van der Waals surface area (Å²) in [6.07, 6.45) is 4.30. The molecule has 2 aromatic heterocycles. The van der Waals surface area contributed by atoms with Crippen LogP contribution in [0.4, 0.5) is 4.39 Å². The molecule has 2 N–H and O–H groups in total. The van der Waals surface area contributed by atoms with Gasteiger partial charge in [-0.2, -0.15) is 5.10 Å². The van der Waals surface area contributed by atoms with E-state index in [1.54, 1.807) is 30.1 Å². The predicted octanol–water partition coefficient (Wildman–Crippen LogP) is 3.13. The molecule has 0 bridgehead atoms. The summed E-state index contributed by atoms with van der Waals surface area (Å²) in [5.41, 5.74) is 1.67. The van der Waals surface area contributed by atoms with E-state index in [1.807, 2.05) is 24.4 Å². The summed E-state index contributed by atoms with van der Waals surface area (Å²) in [4.78, 5) is 4.18. The van der Waals surface area contributed by atoms with E-state index >= 15 is 0 Å². The van der Waals surface area contributed by atoms with Crippen LogP contribution in [0.5, 0.6) is 0 Å². The van der Waals surface area contributed by atoms with E-state index in [-0.39, 0.29) is 29.8 Å². The Morgan fingerprint density at radius 1 is 1.19 bits per heavy atom. The minimum Gasteiger partial charge on any atom is -0.469 e. The SMILES string of the molecule is CN=C(NCCc1ccco1)NCc1ccn(-c2ccc(F)cc2)n1.I. The van der Waals surface area contributed by atoms with E-state index in [2.05, 4.69) is 20.7 Å². The van der Waals surface area contributed by atoms with Gasteiger partial charge in [0.2, 0.25) is 0 Å². The van der Waals surface area contributed by atoms with Gasteiger partial charge in [-0.05, 0) is 42.5 Å². The molecule has 0 saturated heterocycles. The van der Waals surface area contributed by atoms with Crippen molar-refractivity contribution in [2.45, 2.75) is 13.0 Å². The van der Waals surface area contributed by atoms with Crippen molar-refractivity contribution in [3.05, 3.63) is 72.2 Å². The van der Waals surface area contributed by atoms with Gasteiger partial charge in [-0.1, -0.05) is 0 Å². The third kappa shape index (κ3) is 5.58. The topological polar surface area (TPSA) is 67.4 Å². The zero-order chi connectivity index (χ0) is 17.5. The van der Waals surface area contributed by atoms with Gasteiger partial charge < -0.3 is 15.1 Å². The summed E-state index contributed by atoms with van der Waals surface area (Å²) in [6, 6.07) is 11.9. The second-order valence-electron chi connectivity index (χ2n) is 5.41. The highest BCUT2D eigenvalue weighted by molar-refractivity contribution is 14.0. The largest absolute Gasteiger partial charge is 0.469 e. The maximum Gasteiger partial charge on any atom is 0.191 e. The summed E-state index contributed by atoms with van der Waals surface area (Å²) >= 11 is 0. The molecule has 0 aliphatic rings. The molecular weight excluding hydrogens is 448 g/mol. The molecule has 0 saturated carbocycles. The molecule has 1 aromatic carbocycles. The van der Waals surface area contributed by atoms with Crippen LogP contribution < -0.4 is 10.6 Å². The van der Waals surface area contributed by atoms with Crippen molar-refractivity contribution in [3.8, 4) is 5.69 Å². The van der Waals surface area contributed by atoms with E-state index in [1.165, 1.54) is 12.1 Å². The number of furan rings is 1. The molecule has 0 radical (unpaired) electrons. The Morgan fingerprint density at radius 3 is 2.69 bits per heavy atom. The van der Waals surface area contributed by atoms with Crippen LogP contribution in [-0.2, 0) is 13.0 Å². The van der Waals surface area contributed by atoms with Crippen molar-refractivity contribution >= 4 is 29.9 Å². The molecule has 0 fully saturated rings. The first kappa shape index (κ1) is 20.0. The Labute approximate surface area is 168 Å². The molecule has 138 valence electrons. The van der Waals surface area contributed by atoms with Crippen molar-refractivity contribution in [2.75, 3.05) is 13.6 Å². The highest BCUT2D eigenvalue weighted by Gasteiger charge is 2.04. The number of hydrogen-bond donors (Lipinski definition) is 2. The van der Waals surface area contributed by atoms with Crippen LogP contribution >= 0.6 is 24.0 Å². The lowest BCUT2D eigenvalue weighted by molar-refractivity contribution is 0.506. The van der Waals surface area contributed by atoms with Crippen molar-refractivity contribution in [3.63, 3.8) is 0 Å². The first-order valence-electron chi connectivity index (χ1n) is 8.02. The lowest BCUT2D eigenvalue weighted by Gasteiger charge is -2.10. The molecule has 0 spiro atoms. The van der Waals surface area contributed by atoms with Gasteiger partial charge >= 0.3 is 0 Å². The van der Waals surface area contributed by atoms with Crippen LogP contribution in [0.25, 0.3) is 5.69 Å². The molecule has 3 rings (SSSR count). The number of aromatic nitrogens is 2. The van der Waals surface area contributed by atoms with Gasteiger partial charge in [-0.3, -0.25) is 4.99 Å². The number of rotatable bonds is 6. The second kappa shape index (κ2) is 9.95. The summed E-state index contributed by atoms with van der Waals surface area (Å²) in [5, 5.41) is 10.9. The summed E-state index contributed by atoms with van der Waals surface area (Å²) in [7, 11) is 1.72. The summed E-state index contributed by atoms with van der Waals surface area (Å²) in [6.45, 7) is 1.26. The van der Waals surface area contributed by atoms with E-state index in [9.17, 15) is 4.39 Å². The number of guanidine groups is 1. The lowest BCUT2D eigenvalue weighted by Crippen LogP contribution is -2.37. The molecule has 0 unspecified atom stereocenters.